The van der Waals surface area contributed by atoms with Crippen molar-refractivity contribution in [3.05, 3.63) is 59.9 Å². The number of nitrogens with one attached hydrogen (secondary N) is 2. The highest BCUT2D eigenvalue weighted by Crippen LogP contribution is 2.21. The summed E-state index contributed by atoms with van der Waals surface area (Å²) >= 11 is 0. The number of nitrogens with zero attached hydrogens (tertiary/aromatic N) is 2. The second kappa shape index (κ2) is 9.38. The molecule has 1 aromatic heterocycles. The highest BCUT2D eigenvalue weighted by molar-refractivity contribution is 5.78. The van der Waals surface area contributed by atoms with Crippen molar-refractivity contribution in [2.75, 3.05) is 26.2 Å². The summed E-state index contributed by atoms with van der Waals surface area (Å²) in [6.45, 7) is 0.139. The van der Waals surface area contributed by atoms with Crippen molar-refractivity contribution in [2.45, 2.75) is 19.2 Å². The van der Waals surface area contributed by atoms with Gasteiger partial charge in [0.2, 0.25) is 5.91 Å². The monoisotopic (exact) mass is 376 g/mol. The molecule has 0 aliphatic carbocycles. The largest absolute Gasteiger partial charge is 0.435 e. The molecular formula is C19H22F2N4O2. The number of benzene rings is 1. The van der Waals surface area contributed by atoms with Gasteiger partial charge in [0.1, 0.15) is 5.75 Å². The van der Waals surface area contributed by atoms with Gasteiger partial charge in [0.25, 0.3) is 0 Å². The average Bonchev–Trinajstić information content (AvgIpc) is 2.68. The molecule has 1 aliphatic rings. The third-order valence-electron chi connectivity index (χ3n) is 4.41. The average molecular weight is 376 g/mol. The van der Waals surface area contributed by atoms with Crippen LogP contribution in [0.25, 0.3) is 0 Å². The van der Waals surface area contributed by atoms with Gasteiger partial charge in [-0.05, 0) is 29.3 Å². The minimum Gasteiger partial charge on any atom is -0.435 e. The van der Waals surface area contributed by atoms with Crippen LogP contribution in [-0.4, -0.2) is 48.6 Å². The number of carbonyl (C=O) groups excluding carboxylic acids is 1. The molecule has 27 heavy (non-hydrogen) atoms. The molecule has 1 aliphatic heterocycles. The second-order valence-electron chi connectivity index (χ2n) is 6.28. The van der Waals surface area contributed by atoms with E-state index in [4.69, 9.17) is 0 Å². The summed E-state index contributed by atoms with van der Waals surface area (Å²) in [5.41, 5.74) is 1.89. The Morgan fingerprint density at radius 2 is 2.15 bits per heavy atom. The lowest BCUT2D eigenvalue weighted by Gasteiger charge is -2.35. The quantitative estimate of drug-likeness (QED) is 0.773. The van der Waals surface area contributed by atoms with Crippen LogP contribution in [0.2, 0.25) is 0 Å². The third kappa shape index (κ3) is 5.70. The van der Waals surface area contributed by atoms with Crippen LogP contribution in [0, 0.1) is 0 Å². The molecule has 8 heteroatoms. The molecule has 0 radical (unpaired) electrons. The van der Waals surface area contributed by atoms with Crippen LogP contribution in [-0.2, 0) is 11.3 Å². The Labute approximate surface area is 156 Å². The van der Waals surface area contributed by atoms with Crippen molar-refractivity contribution >= 4 is 5.91 Å². The van der Waals surface area contributed by atoms with Crippen LogP contribution >= 0.6 is 0 Å². The molecular weight excluding hydrogens is 354 g/mol. The van der Waals surface area contributed by atoms with E-state index in [1.165, 1.54) is 12.1 Å². The van der Waals surface area contributed by atoms with Crippen molar-refractivity contribution in [2.24, 2.45) is 0 Å². The molecule has 1 aromatic carbocycles. The van der Waals surface area contributed by atoms with Crippen LogP contribution < -0.4 is 15.4 Å². The van der Waals surface area contributed by atoms with Crippen molar-refractivity contribution < 1.29 is 18.3 Å². The molecule has 1 fully saturated rings. The number of ether oxygens (including phenoxy) is 1. The number of aromatic nitrogens is 1. The van der Waals surface area contributed by atoms with Gasteiger partial charge in [0, 0.05) is 44.6 Å². The number of rotatable bonds is 7. The maximum atomic E-state index is 12.4. The maximum absolute atomic E-state index is 12.4. The Morgan fingerprint density at radius 3 is 2.85 bits per heavy atom. The molecule has 2 heterocycles. The second-order valence-corrected chi connectivity index (χ2v) is 6.28. The fourth-order valence-electron chi connectivity index (χ4n) is 3.07. The van der Waals surface area contributed by atoms with Crippen LogP contribution in [0.1, 0.15) is 17.2 Å². The Balaban J connectivity index is 1.52. The number of piperazine rings is 1. The molecule has 1 amide bonds. The van der Waals surface area contributed by atoms with Gasteiger partial charge in [0.05, 0.1) is 6.54 Å². The van der Waals surface area contributed by atoms with E-state index in [9.17, 15) is 13.6 Å². The van der Waals surface area contributed by atoms with Crippen LogP contribution in [0.4, 0.5) is 8.78 Å². The van der Waals surface area contributed by atoms with Gasteiger partial charge in [-0.1, -0.05) is 18.2 Å². The van der Waals surface area contributed by atoms with Gasteiger partial charge in [-0.15, -0.1) is 0 Å². The number of hydrogen-bond acceptors (Lipinski definition) is 5. The van der Waals surface area contributed by atoms with Gasteiger partial charge in [-0.25, -0.2) is 0 Å². The summed E-state index contributed by atoms with van der Waals surface area (Å²) in [4.78, 5) is 18.7. The molecule has 0 spiro atoms. The Morgan fingerprint density at radius 1 is 1.33 bits per heavy atom. The first-order valence-corrected chi connectivity index (χ1v) is 8.77. The summed E-state index contributed by atoms with van der Waals surface area (Å²) in [5.74, 6) is 0.0129. The van der Waals surface area contributed by atoms with Gasteiger partial charge < -0.3 is 15.4 Å². The third-order valence-corrected chi connectivity index (χ3v) is 4.41. The topological polar surface area (TPSA) is 66.5 Å². The number of pyridine rings is 1. The number of amides is 1. The normalized spacial score (nSPS) is 17.7. The molecule has 3 rings (SSSR count). The predicted octanol–water partition coefficient (Wildman–Crippen LogP) is 1.95. The summed E-state index contributed by atoms with van der Waals surface area (Å²) in [6.07, 6.45) is 3.56. The lowest BCUT2D eigenvalue weighted by atomic mass is 10.1. The van der Waals surface area contributed by atoms with Crippen molar-refractivity contribution in [1.29, 1.82) is 0 Å². The minimum absolute atomic E-state index is 0.0845. The lowest BCUT2D eigenvalue weighted by Crippen LogP contribution is -2.49. The highest BCUT2D eigenvalue weighted by atomic mass is 19.3. The van der Waals surface area contributed by atoms with Crippen LogP contribution in [0.5, 0.6) is 5.75 Å². The molecule has 2 N–H and O–H groups in total. The van der Waals surface area contributed by atoms with E-state index in [0.29, 0.717) is 6.54 Å². The summed E-state index contributed by atoms with van der Waals surface area (Å²) < 4.78 is 28.6. The van der Waals surface area contributed by atoms with Crippen molar-refractivity contribution in [1.82, 2.24) is 20.5 Å². The Bertz CT molecular complexity index is 728. The van der Waals surface area contributed by atoms with E-state index in [-0.39, 0.29) is 24.2 Å². The standard InChI is InChI=1S/C19H22F2N4O2/c20-19(21)27-16-5-3-14(4-6-16)10-24-18(26)13-25-9-8-23-12-17(25)15-2-1-7-22-11-15/h1-7,11,17,19,23H,8-10,12-13H2,(H,24,26). The maximum Gasteiger partial charge on any atom is 0.387 e. The van der Waals surface area contributed by atoms with E-state index < -0.39 is 6.61 Å². The zero-order valence-corrected chi connectivity index (χ0v) is 14.8. The van der Waals surface area contributed by atoms with E-state index >= 15 is 0 Å². The molecule has 2 aromatic rings. The lowest BCUT2D eigenvalue weighted by molar-refractivity contribution is -0.123. The van der Waals surface area contributed by atoms with Crippen LogP contribution in [0.15, 0.2) is 48.8 Å². The molecule has 0 saturated carbocycles. The molecule has 6 nitrogen and oxygen atoms in total. The summed E-state index contributed by atoms with van der Waals surface area (Å²) in [5, 5.41) is 6.22. The number of hydrogen-bond donors (Lipinski definition) is 2. The van der Waals surface area contributed by atoms with Gasteiger partial charge in [-0.3, -0.25) is 14.7 Å². The zero-order chi connectivity index (χ0) is 19.1. The first kappa shape index (κ1) is 19.2. The Hall–Kier alpha value is -2.58. The number of halogens is 2. The molecule has 144 valence electrons. The smallest absolute Gasteiger partial charge is 0.387 e. The zero-order valence-electron chi connectivity index (χ0n) is 14.8. The highest BCUT2D eigenvalue weighted by Gasteiger charge is 2.25. The summed E-state index contributed by atoms with van der Waals surface area (Å²) in [6, 6.07) is 10.2. The fourth-order valence-corrected chi connectivity index (χ4v) is 3.07. The Kier molecular flexibility index (Phi) is 6.67. The predicted molar refractivity (Wildman–Crippen MR) is 96.3 cm³/mol. The fraction of sp³-hybridized carbons (Fsp3) is 0.368. The molecule has 1 saturated heterocycles. The number of alkyl halides is 2. The summed E-state index contributed by atoms with van der Waals surface area (Å²) in [7, 11) is 0. The molecule has 0 bridgehead atoms. The SMILES string of the molecule is O=C(CN1CCNCC1c1cccnc1)NCc1ccc(OC(F)F)cc1. The first-order chi connectivity index (χ1) is 13.1. The van der Waals surface area contributed by atoms with E-state index in [0.717, 1.165) is 30.8 Å². The van der Waals surface area contributed by atoms with E-state index in [1.54, 1.807) is 18.3 Å². The van der Waals surface area contributed by atoms with Gasteiger partial charge in [0.15, 0.2) is 0 Å². The van der Waals surface area contributed by atoms with Gasteiger partial charge >= 0.3 is 6.61 Å². The minimum atomic E-state index is -2.85. The number of carbonyl (C=O) groups is 1. The van der Waals surface area contributed by atoms with Gasteiger partial charge in [-0.2, -0.15) is 8.78 Å². The van der Waals surface area contributed by atoms with E-state index in [1.807, 2.05) is 18.3 Å². The van der Waals surface area contributed by atoms with Crippen LogP contribution in [0.3, 0.4) is 0 Å². The molecule has 1 atom stereocenters. The van der Waals surface area contributed by atoms with Crippen molar-refractivity contribution in [3.63, 3.8) is 0 Å². The van der Waals surface area contributed by atoms with E-state index in [2.05, 4.69) is 25.3 Å². The first-order valence-electron chi connectivity index (χ1n) is 8.77. The van der Waals surface area contributed by atoms with Crippen molar-refractivity contribution in [3.8, 4) is 5.75 Å². The molecule has 1 unspecified atom stereocenters.